The van der Waals surface area contributed by atoms with E-state index in [1.165, 1.54) is 0 Å². The van der Waals surface area contributed by atoms with Gasteiger partial charge in [-0.05, 0) is 0 Å². The maximum absolute atomic E-state index is 11.4. The SMILES string of the molecule is NS(=O)(=O)CCNC(=O)CC1CSCCN1. The number of rotatable bonds is 5. The van der Waals surface area contributed by atoms with Crippen LogP contribution in [0.2, 0.25) is 0 Å². The van der Waals surface area contributed by atoms with Crippen molar-refractivity contribution in [2.24, 2.45) is 5.14 Å². The molecule has 1 fully saturated rings. The molecule has 0 aliphatic carbocycles. The molecule has 1 atom stereocenters. The number of sulfonamides is 1. The molecule has 0 saturated carbocycles. The van der Waals surface area contributed by atoms with Gasteiger partial charge >= 0.3 is 0 Å². The molecule has 4 N–H and O–H groups in total. The summed E-state index contributed by atoms with van der Waals surface area (Å²) in [6, 6.07) is 0.188. The highest BCUT2D eigenvalue weighted by molar-refractivity contribution is 7.99. The first-order chi connectivity index (χ1) is 7.47. The van der Waals surface area contributed by atoms with Gasteiger partial charge in [-0.15, -0.1) is 0 Å². The Morgan fingerprint density at radius 2 is 2.31 bits per heavy atom. The largest absolute Gasteiger partial charge is 0.355 e. The van der Waals surface area contributed by atoms with Crippen molar-refractivity contribution in [2.45, 2.75) is 12.5 Å². The molecule has 0 spiro atoms. The number of primary sulfonamides is 1. The molecular formula is C8H17N3O3S2. The molecule has 1 aliphatic rings. The van der Waals surface area contributed by atoms with Crippen molar-refractivity contribution in [3.8, 4) is 0 Å². The minimum Gasteiger partial charge on any atom is -0.355 e. The topological polar surface area (TPSA) is 101 Å². The highest BCUT2D eigenvalue weighted by Gasteiger charge is 2.16. The minimum absolute atomic E-state index is 0.0809. The minimum atomic E-state index is -3.49. The van der Waals surface area contributed by atoms with Gasteiger partial charge in [0, 0.05) is 37.1 Å². The van der Waals surface area contributed by atoms with Crippen molar-refractivity contribution in [3.05, 3.63) is 0 Å². The second-order valence-corrected chi connectivity index (χ2v) is 6.53. The molecule has 1 aliphatic heterocycles. The highest BCUT2D eigenvalue weighted by Crippen LogP contribution is 2.09. The lowest BCUT2D eigenvalue weighted by atomic mass is 10.2. The molecule has 0 radical (unpaired) electrons. The van der Waals surface area contributed by atoms with Crippen LogP contribution in [-0.4, -0.2) is 50.7 Å². The Bertz CT molecular complexity index is 325. The van der Waals surface area contributed by atoms with Crippen molar-refractivity contribution in [1.82, 2.24) is 10.6 Å². The number of nitrogens with one attached hydrogen (secondary N) is 2. The zero-order valence-electron chi connectivity index (χ0n) is 8.94. The Kier molecular flexibility index (Phi) is 5.53. The smallest absolute Gasteiger partial charge is 0.221 e. The van der Waals surface area contributed by atoms with Crippen molar-refractivity contribution in [1.29, 1.82) is 0 Å². The van der Waals surface area contributed by atoms with Crippen LogP contribution in [0.15, 0.2) is 0 Å². The lowest BCUT2D eigenvalue weighted by molar-refractivity contribution is -0.121. The predicted molar refractivity (Wildman–Crippen MR) is 64.7 cm³/mol. The zero-order chi connectivity index (χ0) is 12.0. The number of hydrogen-bond donors (Lipinski definition) is 3. The Morgan fingerprint density at radius 3 is 2.88 bits per heavy atom. The third-order valence-electron chi connectivity index (χ3n) is 2.14. The van der Waals surface area contributed by atoms with Crippen molar-refractivity contribution >= 4 is 27.7 Å². The molecule has 8 heteroatoms. The van der Waals surface area contributed by atoms with Gasteiger partial charge in [0.1, 0.15) is 0 Å². The summed E-state index contributed by atoms with van der Waals surface area (Å²) in [7, 11) is -3.49. The fourth-order valence-electron chi connectivity index (χ4n) is 1.38. The van der Waals surface area contributed by atoms with Crippen LogP contribution in [0.5, 0.6) is 0 Å². The quantitative estimate of drug-likeness (QED) is 0.562. The normalized spacial score (nSPS) is 21.7. The van der Waals surface area contributed by atoms with Gasteiger partial charge in [0.05, 0.1) is 5.75 Å². The first-order valence-electron chi connectivity index (χ1n) is 5.06. The molecule has 1 amide bonds. The van der Waals surface area contributed by atoms with E-state index in [0.29, 0.717) is 6.42 Å². The third-order valence-corrected chi connectivity index (χ3v) is 4.04. The van der Waals surface area contributed by atoms with E-state index in [2.05, 4.69) is 10.6 Å². The summed E-state index contributed by atoms with van der Waals surface area (Å²) in [6.07, 6.45) is 0.387. The second-order valence-electron chi connectivity index (χ2n) is 3.65. The Morgan fingerprint density at radius 1 is 1.56 bits per heavy atom. The van der Waals surface area contributed by atoms with E-state index in [4.69, 9.17) is 5.14 Å². The fraction of sp³-hybridized carbons (Fsp3) is 0.875. The van der Waals surface area contributed by atoms with Crippen molar-refractivity contribution in [3.63, 3.8) is 0 Å². The average Bonchev–Trinajstić information content (AvgIpc) is 2.17. The number of carbonyl (C=O) groups is 1. The molecular weight excluding hydrogens is 250 g/mol. The van der Waals surface area contributed by atoms with E-state index in [9.17, 15) is 13.2 Å². The monoisotopic (exact) mass is 267 g/mol. The summed E-state index contributed by atoms with van der Waals surface area (Å²) < 4.78 is 21.2. The number of nitrogens with two attached hydrogens (primary N) is 1. The molecule has 6 nitrogen and oxygen atoms in total. The number of carbonyl (C=O) groups excluding carboxylic acids is 1. The molecule has 16 heavy (non-hydrogen) atoms. The van der Waals surface area contributed by atoms with E-state index >= 15 is 0 Å². The summed E-state index contributed by atoms with van der Waals surface area (Å²) in [5.41, 5.74) is 0. The van der Waals surface area contributed by atoms with Gasteiger partial charge in [0.15, 0.2) is 0 Å². The van der Waals surface area contributed by atoms with Gasteiger partial charge < -0.3 is 10.6 Å². The highest BCUT2D eigenvalue weighted by atomic mass is 32.2. The Balaban J connectivity index is 2.15. The van der Waals surface area contributed by atoms with Crippen LogP contribution < -0.4 is 15.8 Å². The summed E-state index contributed by atoms with van der Waals surface area (Å²) >= 11 is 1.81. The van der Waals surface area contributed by atoms with Crippen LogP contribution in [0.4, 0.5) is 0 Å². The van der Waals surface area contributed by atoms with E-state index < -0.39 is 10.0 Å². The number of amides is 1. The van der Waals surface area contributed by atoms with Crippen molar-refractivity contribution in [2.75, 3.05) is 30.3 Å². The summed E-state index contributed by atoms with van der Waals surface area (Å²) in [6.45, 7) is 0.997. The lowest BCUT2D eigenvalue weighted by Crippen LogP contribution is -2.42. The molecule has 1 unspecified atom stereocenters. The van der Waals surface area contributed by atoms with E-state index in [1.807, 2.05) is 11.8 Å². The number of hydrogen-bond acceptors (Lipinski definition) is 5. The molecule has 0 aromatic heterocycles. The number of thioether (sulfide) groups is 1. The van der Waals surface area contributed by atoms with Gasteiger partial charge in [-0.1, -0.05) is 0 Å². The molecule has 1 heterocycles. The van der Waals surface area contributed by atoms with Crippen LogP contribution in [0.3, 0.4) is 0 Å². The fourth-order valence-corrected chi connectivity index (χ4v) is 2.72. The van der Waals surface area contributed by atoms with Gasteiger partial charge in [-0.2, -0.15) is 11.8 Å². The predicted octanol–water partition coefficient (Wildman–Crippen LogP) is -1.51. The van der Waals surface area contributed by atoms with Crippen molar-refractivity contribution < 1.29 is 13.2 Å². The standard InChI is InChI=1S/C8H17N3O3S2/c9-16(13,14)4-2-11-8(12)5-7-6-15-3-1-10-7/h7,10H,1-6H2,(H,11,12)(H2,9,13,14). The second kappa shape index (κ2) is 6.43. The van der Waals surface area contributed by atoms with Crippen LogP contribution in [0, 0.1) is 0 Å². The Labute approximate surface area is 99.8 Å². The van der Waals surface area contributed by atoms with Gasteiger partial charge in [-0.3, -0.25) is 4.79 Å². The van der Waals surface area contributed by atoms with Crippen LogP contribution in [0.1, 0.15) is 6.42 Å². The van der Waals surface area contributed by atoms with Crippen LogP contribution in [0.25, 0.3) is 0 Å². The van der Waals surface area contributed by atoms with Gasteiger partial charge in [0.25, 0.3) is 0 Å². The molecule has 0 aromatic rings. The third kappa shape index (κ3) is 6.31. The van der Waals surface area contributed by atoms with Gasteiger partial charge in [0.2, 0.25) is 15.9 Å². The summed E-state index contributed by atoms with van der Waals surface area (Å²) in [4.78, 5) is 11.4. The average molecular weight is 267 g/mol. The van der Waals surface area contributed by atoms with E-state index in [0.717, 1.165) is 18.1 Å². The van der Waals surface area contributed by atoms with Crippen LogP contribution in [-0.2, 0) is 14.8 Å². The summed E-state index contributed by atoms with van der Waals surface area (Å²) in [5.74, 6) is 1.64. The first-order valence-corrected chi connectivity index (χ1v) is 7.93. The molecule has 94 valence electrons. The maximum atomic E-state index is 11.4. The van der Waals surface area contributed by atoms with Gasteiger partial charge in [-0.25, -0.2) is 13.6 Å². The maximum Gasteiger partial charge on any atom is 0.221 e. The zero-order valence-corrected chi connectivity index (χ0v) is 10.6. The lowest BCUT2D eigenvalue weighted by Gasteiger charge is -2.22. The van der Waals surface area contributed by atoms with Crippen LogP contribution >= 0.6 is 11.8 Å². The first kappa shape index (κ1) is 13.8. The molecule has 1 rings (SSSR count). The Hall–Kier alpha value is -0.310. The molecule has 0 bridgehead atoms. The molecule has 0 aromatic carbocycles. The summed E-state index contributed by atoms with van der Waals surface area (Å²) in [5, 5.41) is 10.6. The molecule has 1 saturated heterocycles. The van der Waals surface area contributed by atoms with E-state index in [1.54, 1.807) is 0 Å². The van der Waals surface area contributed by atoms with E-state index in [-0.39, 0.29) is 24.2 Å².